The number of amides is 1. The van der Waals surface area contributed by atoms with Gasteiger partial charge in [0.2, 0.25) is 0 Å². The Kier molecular flexibility index (Phi) is 7.43. The van der Waals surface area contributed by atoms with Gasteiger partial charge in [0.25, 0.3) is 5.91 Å². The molecule has 0 heterocycles. The van der Waals surface area contributed by atoms with E-state index in [1.807, 2.05) is 30.3 Å². The number of ether oxygens (including phenoxy) is 2. The van der Waals surface area contributed by atoms with Crippen LogP contribution in [0, 0.1) is 0 Å². The summed E-state index contributed by atoms with van der Waals surface area (Å²) >= 11 is 0. The fraction of sp³-hybridized carbons (Fsp3) is 0.556. The first-order valence-electron chi connectivity index (χ1n) is 8.37. The second-order valence-electron chi connectivity index (χ2n) is 5.83. The number of hydrogen-bond acceptors (Lipinski definition) is 4. The molecule has 126 valence electrons. The van der Waals surface area contributed by atoms with Gasteiger partial charge in [0.05, 0.1) is 13.0 Å². The molecule has 5 heteroatoms. The Labute approximate surface area is 137 Å². The summed E-state index contributed by atoms with van der Waals surface area (Å²) in [6, 6.07) is 9.51. The molecule has 1 aromatic rings. The van der Waals surface area contributed by atoms with Crippen LogP contribution in [-0.2, 0) is 14.3 Å². The van der Waals surface area contributed by atoms with Gasteiger partial charge >= 0.3 is 5.97 Å². The summed E-state index contributed by atoms with van der Waals surface area (Å²) in [7, 11) is 0. The van der Waals surface area contributed by atoms with E-state index in [0.717, 1.165) is 25.7 Å². The first kappa shape index (κ1) is 17.3. The second kappa shape index (κ2) is 9.87. The van der Waals surface area contributed by atoms with Crippen LogP contribution >= 0.6 is 0 Å². The molecule has 0 atom stereocenters. The van der Waals surface area contributed by atoms with Crippen molar-refractivity contribution >= 4 is 11.9 Å². The molecule has 1 fully saturated rings. The molecule has 0 spiro atoms. The van der Waals surface area contributed by atoms with Crippen molar-refractivity contribution in [1.82, 2.24) is 5.32 Å². The molecule has 1 N–H and O–H groups in total. The topological polar surface area (TPSA) is 64.6 Å². The van der Waals surface area contributed by atoms with Gasteiger partial charge in [-0.25, -0.2) is 0 Å². The Morgan fingerprint density at radius 2 is 1.74 bits per heavy atom. The van der Waals surface area contributed by atoms with Crippen LogP contribution in [0.3, 0.4) is 0 Å². The van der Waals surface area contributed by atoms with Gasteiger partial charge in [0.15, 0.2) is 6.61 Å². The van der Waals surface area contributed by atoms with Crippen molar-refractivity contribution in [3.63, 3.8) is 0 Å². The van der Waals surface area contributed by atoms with Crippen LogP contribution in [-0.4, -0.2) is 31.1 Å². The molecule has 0 aromatic heterocycles. The molecular formula is C18H25NO4. The maximum absolute atomic E-state index is 11.8. The van der Waals surface area contributed by atoms with Gasteiger partial charge in [0.1, 0.15) is 5.75 Å². The summed E-state index contributed by atoms with van der Waals surface area (Å²) in [6.07, 6.45) is 6.95. The number of carbonyl (C=O) groups is 2. The molecule has 1 aliphatic rings. The van der Waals surface area contributed by atoms with E-state index in [4.69, 9.17) is 9.47 Å². The average Bonchev–Trinajstić information content (AvgIpc) is 2.83. The summed E-state index contributed by atoms with van der Waals surface area (Å²) in [5.74, 6) is 0.0811. The first-order valence-corrected chi connectivity index (χ1v) is 8.37. The van der Waals surface area contributed by atoms with E-state index < -0.39 is 5.97 Å². The van der Waals surface area contributed by atoms with E-state index in [0.29, 0.717) is 5.75 Å². The van der Waals surface area contributed by atoms with Crippen LogP contribution in [0.4, 0.5) is 0 Å². The average molecular weight is 319 g/mol. The van der Waals surface area contributed by atoms with Gasteiger partial charge in [-0.15, -0.1) is 0 Å². The fourth-order valence-electron chi connectivity index (χ4n) is 2.68. The van der Waals surface area contributed by atoms with Crippen molar-refractivity contribution in [3.05, 3.63) is 30.3 Å². The molecule has 1 amide bonds. The maximum atomic E-state index is 11.8. The minimum absolute atomic E-state index is 0.131. The summed E-state index contributed by atoms with van der Waals surface area (Å²) in [5, 5.41) is 2.95. The monoisotopic (exact) mass is 319 g/mol. The third kappa shape index (κ3) is 7.17. The molecule has 0 unspecified atom stereocenters. The van der Waals surface area contributed by atoms with Crippen molar-refractivity contribution in [1.29, 1.82) is 0 Å². The Balaban J connectivity index is 1.57. The number of para-hydroxylation sites is 1. The van der Waals surface area contributed by atoms with E-state index in [-0.39, 0.29) is 31.6 Å². The molecule has 0 radical (unpaired) electrons. The molecule has 0 aliphatic heterocycles. The zero-order chi connectivity index (χ0) is 16.3. The normalized spacial score (nSPS) is 15.5. The minimum Gasteiger partial charge on any atom is -0.493 e. The predicted molar refractivity (Wildman–Crippen MR) is 87.1 cm³/mol. The minimum atomic E-state index is -0.419. The fourth-order valence-corrected chi connectivity index (χ4v) is 2.68. The lowest BCUT2D eigenvalue weighted by molar-refractivity contribution is -0.149. The number of hydrogen-bond donors (Lipinski definition) is 1. The highest BCUT2D eigenvalue weighted by atomic mass is 16.5. The van der Waals surface area contributed by atoms with Crippen LogP contribution in [0.15, 0.2) is 30.3 Å². The van der Waals surface area contributed by atoms with Crippen LogP contribution in [0.25, 0.3) is 0 Å². The summed E-state index contributed by atoms with van der Waals surface area (Å²) in [4.78, 5) is 23.4. The largest absolute Gasteiger partial charge is 0.493 e. The van der Waals surface area contributed by atoms with E-state index in [1.54, 1.807) is 0 Å². The smallest absolute Gasteiger partial charge is 0.309 e. The molecule has 1 saturated carbocycles. The molecule has 0 bridgehead atoms. The lowest BCUT2D eigenvalue weighted by Crippen LogP contribution is -2.37. The molecule has 23 heavy (non-hydrogen) atoms. The Morgan fingerprint density at radius 1 is 1.04 bits per heavy atom. The van der Waals surface area contributed by atoms with Crippen LogP contribution in [0.1, 0.15) is 44.9 Å². The Bertz CT molecular complexity index is 481. The quantitative estimate of drug-likeness (QED) is 0.620. The predicted octanol–water partition coefficient (Wildman–Crippen LogP) is 2.84. The van der Waals surface area contributed by atoms with E-state index in [9.17, 15) is 9.59 Å². The molecule has 2 rings (SSSR count). The maximum Gasteiger partial charge on any atom is 0.309 e. The summed E-state index contributed by atoms with van der Waals surface area (Å²) in [5.41, 5.74) is 0. The van der Waals surface area contributed by atoms with Gasteiger partial charge in [-0.3, -0.25) is 9.59 Å². The van der Waals surface area contributed by atoms with E-state index >= 15 is 0 Å². The van der Waals surface area contributed by atoms with Crippen LogP contribution in [0.5, 0.6) is 5.75 Å². The first-order chi connectivity index (χ1) is 11.2. The van der Waals surface area contributed by atoms with Crippen LogP contribution in [0.2, 0.25) is 0 Å². The third-order valence-corrected chi connectivity index (χ3v) is 3.90. The number of esters is 1. The Hall–Kier alpha value is -2.04. The van der Waals surface area contributed by atoms with E-state index in [2.05, 4.69) is 5.32 Å². The molecule has 1 aliphatic carbocycles. The zero-order valence-electron chi connectivity index (χ0n) is 13.5. The third-order valence-electron chi connectivity index (χ3n) is 3.90. The van der Waals surface area contributed by atoms with Gasteiger partial charge in [-0.05, 0) is 25.0 Å². The van der Waals surface area contributed by atoms with Crippen molar-refractivity contribution in [2.24, 2.45) is 0 Å². The molecule has 0 saturated heterocycles. The lowest BCUT2D eigenvalue weighted by Gasteiger charge is -2.16. The van der Waals surface area contributed by atoms with Crippen LogP contribution < -0.4 is 10.1 Å². The summed E-state index contributed by atoms with van der Waals surface area (Å²) in [6.45, 7) is 0.0355. The number of benzene rings is 1. The van der Waals surface area contributed by atoms with Crippen molar-refractivity contribution in [2.75, 3.05) is 13.2 Å². The van der Waals surface area contributed by atoms with Gasteiger partial charge in [-0.1, -0.05) is 43.9 Å². The summed E-state index contributed by atoms with van der Waals surface area (Å²) < 4.78 is 10.4. The lowest BCUT2D eigenvalue weighted by atomic mass is 10.1. The molecule has 5 nitrogen and oxygen atoms in total. The van der Waals surface area contributed by atoms with Crippen molar-refractivity contribution < 1.29 is 19.1 Å². The zero-order valence-corrected chi connectivity index (χ0v) is 13.5. The number of nitrogens with one attached hydrogen (secondary N) is 1. The number of rotatable bonds is 7. The molecule has 1 aromatic carbocycles. The highest BCUT2D eigenvalue weighted by molar-refractivity contribution is 5.80. The van der Waals surface area contributed by atoms with Gasteiger partial charge < -0.3 is 14.8 Å². The second-order valence-corrected chi connectivity index (χ2v) is 5.83. The molecular weight excluding hydrogens is 294 g/mol. The van der Waals surface area contributed by atoms with Crippen molar-refractivity contribution in [3.8, 4) is 5.75 Å². The van der Waals surface area contributed by atoms with Gasteiger partial charge in [0, 0.05) is 6.04 Å². The van der Waals surface area contributed by atoms with Gasteiger partial charge in [-0.2, -0.15) is 0 Å². The van der Waals surface area contributed by atoms with E-state index in [1.165, 1.54) is 12.8 Å². The highest BCUT2D eigenvalue weighted by Crippen LogP contribution is 2.17. The highest BCUT2D eigenvalue weighted by Gasteiger charge is 2.15. The number of carbonyl (C=O) groups excluding carboxylic acids is 2. The SMILES string of the molecule is O=C(COC(=O)CCOc1ccccc1)NC1CCCCCC1. The standard InChI is InChI=1S/C18H25NO4/c20-17(19-15-8-4-1-2-5-9-15)14-23-18(21)12-13-22-16-10-6-3-7-11-16/h3,6-7,10-11,15H,1-2,4-5,8-9,12-14H2,(H,19,20). The van der Waals surface area contributed by atoms with Crippen molar-refractivity contribution in [2.45, 2.75) is 51.0 Å². The Morgan fingerprint density at radius 3 is 2.43 bits per heavy atom.